The van der Waals surface area contributed by atoms with Gasteiger partial charge in [-0.05, 0) is 57.6 Å². The quantitative estimate of drug-likeness (QED) is 0.0974. The van der Waals surface area contributed by atoms with Crippen LogP contribution >= 0.6 is 0 Å². The van der Waals surface area contributed by atoms with Gasteiger partial charge in [0.25, 0.3) is 0 Å². The molecule has 0 spiro atoms. The minimum Gasteiger partial charge on any atom is -0.489 e. The second-order valence-corrected chi connectivity index (χ2v) is 14.1. The Kier molecular flexibility index (Phi) is 12.2. The molecule has 1 heterocycles. The third-order valence-corrected chi connectivity index (χ3v) is 9.78. The van der Waals surface area contributed by atoms with Crippen molar-refractivity contribution in [2.75, 3.05) is 0 Å². The predicted octanol–water partition coefficient (Wildman–Crippen LogP) is 11.5. The average Bonchev–Trinajstić information content (AvgIpc) is 3.26. The first-order valence-electron chi connectivity index (χ1n) is 19.2. The molecular weight excluding hydrogens is 735 g/mol. The Hall–Kier alpha value is -6.64. The van der Waals surface area contributed by atoms with E-state index < -0.39 is 23.8 Å². The molecule has 7 aromatic carbocycles. The van der Waals surface area contributed by atoms with Gasteiger partial charge in [0.1, 0.15) is 61.4 Å². The second kappa shape index (κ2) is 18.5. The van der Waals surface area contributed by atoms with Gasteiger partial charge in [-0.1, -0.05) is 127 Å². The number of ether oxygens (including phenoxy) is 6. The summed E-state index contributed by atoms with van der Waals surface area (Å²) in [6.45, 7) is 1.28. The molecule has 1 aliphatic heterocycles. The van der Waals surface area contributed by atoms with Crippen LogP contribution in [0, 0.1) is 11.6 Å². The zero-order valence-corrected chi connectivity index (χ0v) is 31.8. The van der Waals surface area contributed by atoms with E-state index in [4.69, 9.17) is 28.4 Å². The van der Waals surface area contributed by atoms with Crippen molar-refractivity contribution in [1.29, 1.82) is 0 Å². The van der Waals surface area contributed by atoms with E-state index in [-0.39, 0.29) is 6.61 Å². The zero-order chi connectivity index (χ0) is 39.5. The number of halogens is 2. The summed E-state index contributed by atoms with van der Waals surface area (Å²) in [5.74, 6) is 1.49. The van der Waals surface area contributed by atoms with E-state index in [0.29, 0.717) is 67.2 Å². The molecule has 58 heavy (non-hydrogen) atoms. The van der Waals surface area contributed by atoms with Crippen LogP contribution in [-0.4, -0.2) is 6.10 Å². The van der Waals surface area contributed by atoms with Crippen LogP contribution in [0.15, 0.2) is 170 Å². The number of hydrogen-bond acceptors (Lipinski definition) is 6. The van der Waals surface area contributed by atoms with Crippen LogP contribution < -0.4 is 23.7 Å². The van der Waals surface area contributed by atoms with Crippen LogP contribution in [0.4, 0.5) is 8.78 Å². The molecule has 0 unspecified atom stereocenters. The van der Waals surface area contributed by atoms with Gasteiger partial charge in [-0.15, -0.1) is 0 Å². The summed E-state index contributed by atoms with van der Waals surface area (Å²) < 4.78 is 67.6. The van der Waals surface area contributed by atoms with Gasteiger partial charge in [0.15, 0.2) is 17.6 Å². The molecule has 8 heteroatoms. The summed E-state index contributed by atoms with van der Waals surface area (Å²) >= 11 is 0. The summed E-state index contributed by atoms with van der Waals surface area (Å²) in [5, 5.41) is 0. The maximum atomic E-state index is 14.3. The third-order valence-electron chi connectivity index (χ3n) is 9.78. The van der Waals surface area contributed by atoms with Crippen molar-refractivity contribution in [3.8, 4) is 28.7 Å². The maximum absolute atomic E-state index is 14.3. The lowest BCUT2D eigenvalue weighted by atomic mass is 9.93. The Labute approximate surface area is 337 Å². The average molecular weight is 777 g/mol. The second-order valence-electron chi connectivity index (χ2n) is 14.1. The Morgan fingerprint density at radius 2 is 0.948 bits per heavy atom. The Morgan fingerprint density at radius 3 is 1.50 bits per heavy atom. The molecular formula is C50H42F2O6. The van der Waals surface area contributed by atoms with E-state index in [2.05, 4.69) is 0 Å². The maximum Gasteiger partial charge on any atom is 0.162 e. The smallest absolute Gasteiger partial charge is 0.162 e. The van der Waals surface area contributed by atoms with Crippen LogP contribution in [0.1, 0.15) is 45.0 Å². The third kappa shape index (κ3) is 10.0. The standard InChI is InChI=1S/C50H42F2O6/c51-41-23-39(24-42(52)26-41)34-57-49-29-44-46(55-32-37-17-9-3-10-18-37)27-43(53-30-35-13-5-1-6-14-35)28-47(44)58-50(49)40-21-22-45(54-31-36-15-7-2-8-16-36)48(25-40)56-33-38-19-11-4-12-20-38/h1-28,49-50H,29-34H2/t49-,50+/m0/s1. The molecule has 2 atom stereocenters. The van der Waals surface area contributed by atoms with Crippen molar-refractivity contribution in [3.63, 3.8) is 0 Å². The van der Waals surface area contributed by atoms with Crippen molar-refractivity contribution in [2.24, 2.45) is 0 Å². The molecule has 292 valence electrons. The summed E-state index contributed by atoms with van der Waals surface area (Å²) in [6, 6.07) is 52.6. The highest BCUT2D eigenvalue weighted by molar-refractivity contribution is 5.53. The fourth-order valence-corrected chi connectivity index (χ4v) is 6.84. The van der Waals surface area contributed by atoms with Crippen molar-refractivity contribution < 1.29 is 37.2 Å². The number of hydrogen-bond donors (Lipinski definition) is 0. The highest BCUT2D eigenvalue weighted by Crippen LogP contribution is 2.45. The first-order chi connectivity index (χ1) is 28.5. The summed E-state index contributed by atoms with van der Waals surface area (Å²) in [6.07, 6.45) is -0.903. The Balaban J connectivity index is 1.15. The Morgan fingerprint density at radius 1 is 0.448 bits per heavy atom. The molecule has 6 nitrogen and oxygen atoms in total. The first-order valence-corrected chi connectivity index (χ1v) is 19.2. The van der Waals surface area contributed by atoms with E-state index in [1.54, 1.807) is 0 Å². The van der Waals surface area contributed by atoms with E-state index in [1.165, 1.54) is 12.1 Å². The SMILES string of the molecule is Fc1cc(F)cc(CO[C@H]2Cc3c(OCc4ccccc4)cc(OCc4ccccc4)cc3O[C@@H]2c2ccc(OCc3ccccc3)c(OCc3ccccc3)c2)c1. The largest absolute Gasteiger partial charge is 0.489 e. The van der Waals surface area contributed by atoms with Crippen molar-refractivity contribution in [3.05, 3.63) is 220 Å². The van der Waals surface area contributed by atoms with Crippen LogP contribution in [0.25, 0.3) is 0 Å². The molecule has 0 amide bonds. The molecule has 7 aromatic rings. The van der Waals surface area contributed by atoms with Gasteiger partial charge < -0.3 is 28.4 Å². The van der Waals surface area contributed by atoms with Gasteiger partial charge in [0, 0.05) is 30.2 Å². The van der Waals surface area contributed by atoms with Crippen molar-refractivity contribution >= 4 is 0 Å². The van der Waals surface area contributed by atoms with Crippen LogP contribution in [0.5, 0.6) is 28.7 Å². The molecule has 0 saturated carbocycles. The van der Waals surface area contributed by atoms with Crippen molar-refractivity contribution in [1.82, 2.24) is 0 Å². The molecule has 1 aliphatic rings. The molecule has 0 bridgehead atoms. The van der Waals surface area contributed by atoms with Crippen LogP contribution in [0.2, 0.25) is 0 Å². The van der Waals surface area contributed by atoms with E-state index in [9.17, 15) is 8.78 Å². The van der Waals surface area contributed by atoms with Gasteiger partial charge in [-0.25, -0.2) is 8.78 Å². The zero-order valence-electron chi connectivity index (χ0n) is 31.8. The molecule has 0 aliphatic carbocycles. The van der Waals surface area contributed by atoms with Crippen LogP contribution in [0.3, 0.4) is 0 Å². The van der Waals surface area contributed by atoms with E-state index in [1.807, 2.05) is 152 Å². The lowest BCUT2D eigenvalue weighted by Gasteiger charge is -2.35. The van der Waals surface area contributed by atoms with Crippen molar-refractivity contribution in [2.45, 2.75) is 51.7 Å². The highest BCUT2D eigenvalue weighted by atomic mass is 19.1. The summed E-state index contributed by atoms with van der Waals surface area (Å²) in [4.78, 5) is 0. The van der Waals surface area contributed by atoms with Gasteiger partial charge in [-0.3, -0.25) is 0 Å². The number of fused-ring (bicyclic) bond motifs is 1. The summed E-state index contributed by atoms with van der Waals surface area (Å²) in [7, 11) is 0. The minimum atomic E-state index is -0.675. The lowest BCUT2D eigenvalue weighted by Crippen LogP contribution is -2.33. The first kappa shape index (κ1) is 38.2. The molecule has 0 N–H and O–H groups in total. The molecule has 8 rings (SSSR count). The van der Waals surface area contributed by atoms with Gasteiger partial charge in [-0.2, -0.15) is 0 Å². The van der Waals surface area contributed by atoms with Gasteiger partial charge in [0.05, 0.1) is 6.61 Å². The predicted molar refractivity (Wildman–Crippen MR) is 218 cm³/mol. The number of benzene rings is 7. The molecule has 0 aromatic heterocycles. The topological polar surface area (TPSA) is 55.4 Å². The fraction of sp³-hybridized carbons (Fsp3) is 0.160. The highest BCUT2D eigenvalue weighted by Gasteiger charge is 2.35. The van der Waals surface area contributed by atoms with Crippen LogP contribution in [-0.2, 0) is 44.2 Å². The summed E-state index contributed by atoms with van der Waals surface area (Å²) in [5.41, 5.74) is 5.95. The normalized spacial score (nSPS) is 14.5. The fourth-order valence-electron chi connectivity index (χ4n) is 6.84. The van der Waals surface area contributed by atoms with Gasteiger partial charge >= 0.3 is 0 Å². The minimum absolute atomic E-state index is 0.0529. The van der Waals surface area contributed by atoms with Gasteiger partial charge in [0.2, 0.25) is 0 Å². The number of rotatable bonds is 16. The molecule has 0 radical (unpaired) electrons. The molecule has 0 saturated heterocycles. The monoisotopic (exact) mass is 776 g/mol. The Bertz CT molecular complexity index is 2370. The lowest BCUT2D eigenvalue weighted by molar-refractivity contribution is -0.0469. The van der Waals surface area contributed by atoms with E-state index in [0.717, 1.165) is 39.4 Å². The van der Waals surface area contributed by atoms with E-state index >= 15 is 0 Å². The molecule has 0 fully saturated rings.